The van der Waals surface area contributed by atoms with E-state index in [1.165, 1.54) is 24.9 Å². The second-order valence-corrected chi connectivity index (χ2v) is 8.09. The standard InChI is InChI=1S/C22H34N4O2.HI/c1-23-22(26-12-14-28-21(17-26)20-10-6-13-27-20)24-15-19-9-5-11-25(19)16-18-7-3-2-4-8-18;/h2-4,7-8,19-21H,5-6,9-17H2,1H3,(H,23,24);1H. The zero-order chi connectivity index (χ0) is 19.2. The highest BCUT2D eigenvalue weighted by Gasteiger charge is 2.32. The molecule has 3 heterocycles. The molecule has 29 heavy (non-hydrogen) atoms. The average Bonchev–Trinajstić information content (AvgIpc) is 3.42. The quantitative estimate of drug-likeness (QED) is 0.372. The van der Waals surface area contributed by atoms with E-state index < -0.39 is 0 Å². The summed E-state index contributed by atoms with van der Waals surface area (Å²) in [4.78, 5) is 9.50. The molecule has 0 amide bonds. The average molecular weight is 514 g/mol. The summed E-state index contributed by atoms with van der Waals surface area (Å²) in [5, 5.41) is 3.65. The van der Waals surface area contributed by atoms with Gasteiger partial charge in [-0.15, -0.1) is 24.0 Å². The van der Waals surface area contributed by atoms with Gasteiger partial charge in [-0.1, -0.05) is 30.3 Å². The molecule has 4 rings (SSSR count). The van der Waals surface area contributed by atoms with Gasteiger partial charge in [0.1, 0.15) is 6.10 Å². The Hall–Kier alpha value is -0.900. The van der Waals surface area contributed by atoms with Crippen molar-refractivity contribution in [3.63, 3.8) is 0 Å². The second-order valence-electron chi connectivity index (χ2n) is 8.09. The highest BCUT2D eigenvalue weighted by molar-refractivity contribution is 14.0. The van der Waals surface area contributed by atoms with Crippen LogP contribution in [0.5, 0.6) is 0 Å². The van der Waals surface area contributed by atoms with Gasteiger partial charge >= 0.3 is 0 Å². The number of ether oxygens (including phenoxy) is 2. The summed E-state index contributed by atoms with van der Waals surface area (Å²) in [6.45, 7) is 6.53. The van der Waals surface area contributed by atoms with Crippen LogP contribution < -0.4 is 5.32 Å². The number of rotatable bonds is 5. The summed E-state index contributed by atoms with van der Waals surface area (Å²) < 4.78 is 11.8. The van der Waals surface area contributed by atoms with Crippen LogP contribution in [0.2, 0.25) is 0 Å². The molecule has 3 fully saturated rings. The summed E-state index contributed by atoms with van der Waals surface area (Å²) in [6, 6.07) is 11.4. The number of benzene rings is 1. The van der Waals surface area contributed by atoms with Crippen molar-refractivity contribution in [1.82, 2.24) is 15.1 Å². The Kier molecular flexibility index (Phi) is 9.02. The zero-order valence-electron chi connectivity index (χ0n) is 17.5. The van der Waals surface area contributed by atoms with E-state index in [0.717, 1.165) is 58.2 Å². The first-order chi connectivity index (χ1) is 13.8. The third-order valence-electron chi connectivity index (χ3n) is 6.21. The van der Waals surface area contributed by atoms with Crippen molar-refractivity contribution < 1.29 is 9.47 Å². The minimum atomic E-state index is 0. The molecule has 0 spiro atoms. The molecule has 7 heteroatoms. The normalized spacial score (nSPS) is 28.4. The Morgan fingerprint density at radius 1 is 1.07 bits per heavy atom. The lowest BCUT2D eigenvalue weighted by Crippen LogP contribution is -2.54. The number of nitrogens with zero attached hydrogens (tertiary/aromatic N) is 3. The number of halogens is 1. The molecule has 3 aliphatic heterocycles. The highest BCUT2D eigenvalue weighted by atomic mass is 127. The van der Waals surface area contributed by atoms with E-state index in [1.807, 2.05) is 7.05 Å². The molecule has 1 N–H and O–H groups in total. The van der Waals surface area contributed by atoms with E-state index in [9.17, 15) is 0 Å². The number of hydrogen-bond acceptors (Lipinski definition) is 4. The summed E-state index contributed by atoms with van der Waals surface area (Å²) in [7, 11) is 1.88. The minimum absolute atomic E-state index is 0. The van der Waals surface area contributed by atoms with Gasteiger partial charge in [0.15, 0.2) is 5.96 Å². The van der Waals surface area contributed by atoms with Gasteiger partial charge in [0.05, 0.1) is 12.7 Å². The van der Waals surface area contributed by atoms with Crippen molar-refractivity contribution in [3.05, 3.63) is 35.9 Å². The first-order valence-electron chi connectivity index (χ1n) is 10.8. The van der Waals surface area contributed by atoms with Gasteiger partial charge in [-0.2, -0.15) is 0 Å². The molecule has 0 aromatic heterocycles. The number of morpholine rings is 1. The predicted octanol–water partition coefficient (Wildman–Crippen LogP) is 2.72. The van der Waals surface area contributed by atoms with Crippen molar-refractivity contribution in [2.24, 2.45) is 4.99 Å². The van der Waals surface area contributed by atoms with Crippen molar-refractivity contribution in [3.8, 4) is 0 Å². The fourth-order valence-corrected chi connectivity index (χ4v) is 4.68. The van der Waals surface area contributed by atoms with E-state index in [0.29, 0.717) is 6.04 Å². The van der Waals surface area contributed by atoms with E-state index >= 15 is 0 Å². The Labute approximate surface area is 192 Å². The molecule has 6 nitrogen and oxygen atoms in total. The van der Waals surface area contributed by atoms with Crippen LogP contribution in [-0.2, 0) is 16.0 Å². The first kappa shape index (κ1) is 22.8. The van der Waals surface area contributed by atoms with Crippen LogP contribution in [0.4, 0.5) is 0 Å². The summed E-state index contributed by atoms with van der Waals surface area (Å²) in [5.41, 5.74) is 1.39. The summed E-state index contributed by atoms with van der Waals surface area (Å²) in [5.74, 6) is 0.998. The first-order valence-corrected chi connectivity index (χ1v) is 10.8. The van der Waals surface area contributed by atoms with Crippen molar-refractivity contribution in [2.75, 3.05) is 46.4 Å². The van der Waals surface area contributed by atoms with E-state index in [1.54, 1.807) is 0 Å². The fourth-order valence-electron chi connectivity index (χ4n) is 4.68. The van der Waals surface area contributed by atoms with Gasteiger partial charge < -0.3 is 19.7 Å². The zero-order valence-corrected chi connectivity index (χ0v) is 19.8. The van der Waals surface area contributed by atoms with E-state index in [4.69, 9.17) is 9.47 Å². The molecule has 3 unspecified atom stereocenters. The monoisotopic (exact) mass is 514 g/mol. The molecule has 3 saturated heterocycles. The maximum Gasteiger partial charge on any atom is 0.193 e. The lowest BCUT2D eigenvalue weighted by molar-refractivity contribution is -0.0817. The molecule has 162 valence electrons. The van der Waals surface area contributed by atoms with Crippen LogP contribution in [0.15, 0.2) is 35.3 Å². The Morgan fingerprint density at radius 2 is 1.90 bits per heavy atom. The van der Waals surface area contributed by atoms with Crippen LogP contribution in [-0.4, -0.2) is 80.4 Å². The largest absolute Gasteiger partial charge is 0.375 e. The second kappa shape index (κ2) is 11.5. The highest BCUT2D eigenvalue weighted by Crippen LogP contribution is 2.22. The van der Waals surface area contributed by atoms with Gasteiger partial charge in [-0.05, 0) is 37.8 Å². The molecule has 3 aliphatic rings. The van der Waals surface area contributed by atoms with Crippen LogP contribution in [0.1, 0.15) is 31.2 Å². The topological polar surface area (TPSA) is 49.3 Å². The third kappa shape index (κ3) is 6.06. The SMILES string of the molecule is CN=C(NCC1CCCN1Cc1ccccc1)N1CCOC(C2CCCO2)C1.I. The maximum absolute atomic E-state index is 5.99. The van der Waals surface area contributed by atoms with E-state index in [2.05, 4.69) is 50.4 Å². The van der Waals surface area contributed by atoms with Crippen molar-refractivity contribution in [1.29, 1.82) is 0 Å². The van der Waals surface area contributed by atoms with Crippen LogP contribution >= 0.6 is 24.0 Å². The molecular formula is C22H35IN4O2. The number of nitrogens with one attached hydrogen (secondary N) is 1. The fraction of sp³-hybridized carbons (Fsp3) is 0.682. The van der Waals surface area contributed by atoms with Crippen LogP contribution in [0.25, 0.3) is 0 Å². The molecule has 1 aromatic rings. The Morgan fingerprint density at radius 3 is 2.66 bits per heavy atom. The van der Waals surface area contributed by atoms with E-state index in [-0.39, 0.29) is 36.2 Å². The van der Waals surface area contributed by atoms with Crippen LogP contribution in [0, 0.1) is 0 Å². The number of hydrogen-bond donors (Lipinski definition) is 1. The number of aliphatic imine (C=N–C) groups is 1. The Balaban J connectivity index is 0.00000240. The molecule has 0 saturated carbocycles. The lowest BCUT2D eigenvalue weighted by atomic mass is 10.1. The summed E-state index contributed by atoms with van der Waals surface area (Å²) in [6.07, 6.45) is 5.19. The van der Waals surface area contributed by atoms with Gasteiger partial charge in [-0.3, -0.25) is 9.89 Å². The lowest BCUT2D eigenvalue weighted by Gasteiger charge is -2.37. The molecular weight excluding hydrogens is 479 g/mol. The maximum atomic E-state index is 5.99. The van der Waals surface area contributed by atoms with Crippen LogP contribution in [0.3, 0.4) is 0 Å². The third-order valence-corrected chi connectivity index (χ3v) is 6.21. The molecule has 1 aromatic carbocycles. The molecule has 0 aliphatic carbocycles. The predicted molar refractivity (Wildman–Crippen MR) is 127 cm³/mol. The smallest absolute Gasteiger partial charge is 0.193 e. The molecule has 0 radical (unpaired) electrons. The van der Waals surface area contributed by atoms with Crippen molar-refractivity contribution in [2.45, 2.75) is 50.5 Å². The van der Waals surface area contributed by atoms with Gasteiger partial charge in [-0.25, -0.2) is 0 Å². The van der Waals surface area contributed by atoms with Gasteiger partial charge in [0.2, 0.25) is 0 Å². The van der Waals surface area contributed by atoms with Crippen molar-refractivity contribution >= 4 is 29.9 Å². The van der Waals surface area contributed by atoms with Gasteiger partial charge in [0, 0.05) is 45.9 Å². The number of likely N-dealkylation sites (tertiary alicyclic amines) is 1. The number of guanidine groups is 1. The van der Waals surface area contributed by atoms with Gasteiger partial charge in [0.25, 0.3) is 0 Å². The minimum Gasteiger partial charge on any atom is -0.375 e. The summed E-state index contributed by atoms with van der Waals surface area (Å²) >= 11 is 0. The molecule has 3 atom stereocenters. The molecule has 0 bridgehead atoms. The Bertz CT molecular complexity index is 639.